The van der Waals surface area contributed by atoms with Gasteiger partial charge in [-0.15, -0.1) is 0 Å². The number of halogens is 1. The molecule has 0 atom stereocenters. The van der Waals surface area contributed by atoms with Crippen LogP contribution in [0.2, 0.25) is 0 Å². The Bertz CT molecular complexity index is 696. The van der Waals surface area contributed by atoms with Crippen LogP contribution in [0.1, 0.15) is 11.3 Å². The second kappa shape index (κ2) is 5.06. The first kappa shape index (κ1) is 13.6. The van der Waals surface area contributed by atoms with Crippen LogP contribution in [0.25, 0.3) is 0 Å². The van der Waals surface area contributed by atoms with Gasteiger partial charge >= 0.3 is 0 Å². The van der Waals surface area contributed by atoms with Crippen molar-refractivity contribution in [3.05, 3.63) is 41.6 Å². The zero-order chi connectivity index (χ0) is 14.0. The summed E-state index contributed by atoms with van der Waals surface area (Å²) >= 11 is 0. The third-order valence-corrected chi connectivity index (χ3v) is 4.10. The topological polar surface area (TPSA) is 76.9 Å². The van der Waals surface area contributed by atoms with Gasteiger partial charge in [0, 0.05) is 31.0 Å². The minimum atomic E-state index is -3.97. The second-order valence-corrected chi connectivity index (χ2v) is 5.68. The molecule has 0 saturated carbocycles. The molecule has 0 spiro atoms. The molecule has 8 heteroatoms. The first-order valence-corrected chi connectivity index (χ1v) is 6.98. The fourth-order valence-corrected chi connectivity index (χ4v) is 2.53. The van der Waals surface area contributed by atoms with Gasteiger partial charge in [0.15, 0.2) is 5.82 Å². The van der Waals surface area contributed by atoms with Crippen LogP contribution < -0.4 is 4.72 Å². The Morgan fingerprint density at radius 3 is 2.79 bits per heavy atom. The van der Waals surface area contributed by atoms with Gasteiger partial charge in [0.1, 0.15) is 0 Å². The molecule has 2 aromatic heterocycles. The molecule has 0 radical (unpaired) electrons. The Morgan fingerprint density at radius 1 is 1.47 bits per heavy atom. The van der Waals surface area contributed by atoms with Gasteiger partial charge < -0.3 is 0 Å². The molecule has 2 heterocycles. The van der Waals surface area contributed by atoms with E-state index in [4.69, 9.17) is 0 Å². The lowest BCUT2D eigenvalue weighted by Gasteiger charge is -2.06. The maximum absolute atomic E-state index is 13.4. The van der Waals surface area contributed by atoms with Crippen molar-refractivity contribution >= 4 is 10.0 Å². The van der Waals surface area contributed by atoms with Gasteiger partial charge in [0.2, 0.25) is 5.03 Å². The molecule has 102 valence electrons. The van der Waals surface area contributed by atoms with E-state index in [1.807, 2.05) is 6.92 Å². The third kappa shape index (κ3) is 2.79. The van der Waals surface area contributed by atoms with Crippen molar-refractivity contribution in [3.63, 3.8) is 0 Å². The molecule has 0 aliphatic heterocycles. The standard InChI is InChI=1S/C11H13FN4O2S/c1-8-9(6-14-16(8)2)7-15-19(17,18)11-10(12)4-3-5-13-11/h3-6,15H,7H2,1-2H3. The summed E-state index contributed by atoms with van der Waals surface area (Å²) in [4.78, 5) is 3.54. The van der Waals surface area contributed by atoms with Crippen LogP contribution in [-0.4, -0.2) is 23.2 Å². The number of aryl methyl sites for hydroxylation is 1. The predicted octanol–water partition coefficient (Wildman–Crippen LogP) is 0.741. The molecule has 0 saturated heterocycles. The largest absolute Gasteiger partial charge is 0.273 e. The van der Waals surface area contributed by atoms with E-state index in [9.17, 15) is 12.8 Å². The Hall–Kier alpha value is -1.80. The Morgan fingerprint density at radius 2 is 2.21 bits per heavy atom. The van der Waals surface area contributed by atoms with E-state index < -0.39 is 20.9 Å². The molecule has 0 amide bonds. The van der Waals surface area contributed by atoms with Crippen LogP contribution in [0.15, 0.2) is 29.6 Å². The van der Waals surface area contributed by atoms with Gasteiger partial charge in [-0.1, -0.05) is 0 Å². The monoisotopic (exact) mass is 284 g/mol. The fraction of sp³-hybridized carbons (Fsp3) is 0.273. The lowest BCUT2D eigenvalue weighted by molar-refractivity contribution is 0.544. The highest BCUT2D eigenvalue weighted by atomic mass is 32.2. The quantitative estimate of drug-likeness (QED) is 0.898. The summed E-state index contributed by atoms with van der Waals surface area (Å²) in [6.45, 7) is 1.86. The number of pyridine rings is 1. The Balaban J connectivity index is 2.19. The van der Waals surface area contributed by atoms with Gasteiger partial charge in [0.05, 0.1) is 6.20 Å². The molecule has 6 nitrogen and oxygen atoms in total. The summed E-state index contributed by atoms with van der Waals surface area (Å²) in [5.41, 5.74) is 1.56. The number of aromatic nitrogens is 3. The van der Waals surface area contributed by atoms with Gasteiger partial charge in [-0.3, -0.25) is 4.68 Å². The molecule has 0 bridgehead atoms. The number of hydrogen-bond donors (Lipinski definition) is 1. The minimum Gasteiger partial charge on any atom is -0.273 e. The van der Waals surface area contributed by atoms with Gasteiger partial charge in [-0.05, 0) is 19.1 Å². The molecule has 0 aliphatic carbocycles. The molecule has 1 N–H and O–H groups in total. The van der Waals surface area contributed by atoms with Crippen molar-refractivity contribution in [1.82, 2.24) is 19.5 Å². The van der Waals surface area contributed by atoms with Crippen molar-refractivity contribution in [1.29, 1.82) is 0 Å². The molecule has 2 aromatic rings. The maximum atomic E-state index is 13.4. The molecule has 19 heavy (non-hydrogen) atoms. The summed E-state index contributed by atoms with van der Waals surface area (Å²) in [6.07, 6.45) is 2.79. The van der Waals surface area contributed by atoms with E-state index >= 15 is 0 Å². The number of sulfonamides is 1. The molecule has 0 aliphatic rings. The predicted molar refractivity (Wildman–Crippen MR) is 66.2 cm³/mol. The zero-order valence-corrected chi connectivity index (χ0v) is 11.3. The lowest BCUT2D eigenvalue weighted by Crippen LogP contribution is -2.25. The van der Waals surface area contributed by atoms with Crippen LogP contribution in [0.5, 0.6) is 0 Å². The lowest BCUT2D eigenvalue weighted by atomic mass is 10.3. The number of nitrogens with zero attached hydrogens (tertiary/aromatic N) is 3. The molecular formula is C11H13FN4O2S. The van der Waals surface area contributed by atoms with Gasteiger partial charge in [-0.2, -0.15) is 5.10 Å². The van der Waals surface area contributed by atoms with Crippen LogP contribution in [0.4, 0.5) is 4.39 Å². The highest BCUT2D eigenvalue weighted by molar-refractivity contribution is 7.89. The van der Waals surface area contributed by atoms with Crippen molar-refractivity contribution in [2.24, 2.45) is 7.05 Å². The molecule has 0 fully saturated rings. The minimum absolute atomic E-state index is 0.0397. The van der Waals surface area contributed by atoms with E-state index in [0.717, 1.165) is 17.3 Å². The third-order valence-electron chi connectivity index (χ3n) is 2.77. The van der Waals surface area contributed by atoms with Crippen molar-refractivity contribution in [2.45, 2.75) is 18.5 Å². The highest BCUT2D eigenvalue weighted by Crippen LogP contribution is 2.11. The Kier molecular flexibility index (Phi) is 3.63. The normalized spacial score (nSPS) is 11.7. The van der Waals surface area contributed by atoms with E-state index in [1.165, 1.54) is 12.3 Å². The maximum Gasteiger partial charge on any atom is 0.261 e. The number of rotatable bonds is 4. The smallest absolute Gasteiger partial charge is 0.261 e. The van der Waals surface area contributed by atoms with Crippen molar-refractivity contribution < 1.29 is 12.8 Å². The van der Waals surface area contributed by atoms with Crippen molar-refractivity contribution in [2.75, 3.05) is 0 Å². The number of nitrogens with one attached hydrogen (secondary N) is 1. The summed E-state index contributed by atoms with van der Waals surface area (Å²) in [6, 6.07) is 2.39. The van der Waals surface area contributed by atoms with E-state index in [1.54, 1.807) is 17.9 Å². The molecule has 2 rings (SSSR count). The average molecular weight is 284 g/mol. The average Bonchev–Trinajstić information content (AvgIpc) is 2.68. The molecule has 0 aromatic carbocycles. The zero-order valence-electron chi connectivity index (χ0n) is 10.5. The highest BCUT2D eigenvalue weighted by Gasteiger charge is 2.20. The van der Waals surface area contributed by atoms with Crippen LogP contribution in [0, 0.1) is 12.7 Å². The number of hydrogen-bond acceptors (Lipinski definition) is 4. The fourth-order valence-electron chi connectivity index (χ4n) is 1.53. The molecule has 0 unspecified atom stereocenters. The summed E-state index contributed by atoms with van der Waals surface area (Å²) in [5, 5.41) is 3.40. The van der Waals surface area contributed by atoms with E-state index in [2.05, 4.69) is 14.8 Å². The first-order valence-electron chi connectivity index (χ1n) is 5.49. The summed E-state index contributed by atoms with van der Waals surface area (Å²) < 4.78 is 41.1. The first-order chi connectivity index (χ1) is 8.92. The molecular weight excluding hydrogens is 271 g/mol. The van der Waals surface area contributed by atoms with Crippen LogP contribution in [-0.2, 0) is 23.6 Å². The van der Waals surface area contributed by atoms with Gasteiger partial charge in [0.25, 0.3) is 10.0 Å². The van der Waals surface area contributed by atoms with Crippen LogP contribution in [0.3, 0.4) is 0 Å². The van der Waals surface area contributed by atoms with Crippen LogP contribution >= 0.6 is 0 Å². The second-order valence-electron chi connectivity index (χ2n) is 3.99. The van der Waals surface area contributed by atoms with E-state index in [-0.39, 0.29) is 6.54 Å². The Labute approximate surface area is 110 Å². The van der Waals surface area contributed by atoms with Crippen molar-refractivity contribution in [3.8, 4) is 0 Å². The van der Waals surface area contributed by atoms with E-state index in [0.29, 0.717) is 0 Å². The summed E-state index contributed by atoms with van der Waals surface area (Å²) in [7, 11) is -2.21. The SMILES string of the molecule is Cc1c(CNS(=O)(=O)c2ncccc2F)cnn1C. The summed E-state index contributed by atoms with van der Waals surface area (Å²) in [5.74, 6) is -0.877. The van der Waals surface area contributed by atoms with Gasteiger partial charge in [-0.25, -0.2) is 22.5 Å².